The number of hydrogen-bond acceptors (Lipinski definition) is 0. The standard InChI is InChI=1S/C4H10Cl2Si2/c5-3(6)1-2-4(3,7)8/h1-2H2,7-8H3. The van der Waals surface area contributed by atoms with Gasteiger partial charge in [0.15, 0.2) is 0 Å². The molecule has 0 N–H and O–H groups in total. The van der Waals surface area contributed by atoms with E-state index in [2.05, 4.69) is 0 Å². The molecule has 1 aliphatic carbocycles. The minimum absolute atomic E-state index is 0.314. The molecule has 0 atom stereocenters. The van der Waals surface area contributed by atoms with Crippen LogP contribution < -0.4 is 0 Å². The minimum Gasteiger partial charge on any atom is -0.102 e. The Labute approximate surface area is 65.8 Å². The normalized spacial score (nSPS) is 44.2. The summed E-state index contributed by atoms with van der Waals surface area (Å²) in [5, 5.41) is 0. The lowest BCUT2D eigenvalue weighted by atomic mass is 9.96. The molecule has 1 saturated carbocycles. The van der Waals surface area contributed by atoms with E-state index in [0.29, 0.717) is 4.66 Å². The third kappa shape index (κ3) is 0.876. The van der Waals surface area contributed by atoms with Crippen LogP contribution in [0.4, 0.5) is 0 Å². The van der Waals surface area contributed by atoms with Crippen molar-refractivity contribution in [3.8, 4) is 0 Å². The molecule has 0 radical (unpaired) electrons. The van der Waals surface area contributed by atoms with E-state index in [0.717, 1.165) is 6.42 Å². The molecule has 0 aromatic heterocycles. The average Bonchev–Trinajstić information content (AvgIpc) is 1.64. The van der Waals surface area contributed by atoms with Crippen LogP contribution >= 0.6 is 23.2 Å². The first-order chi connectivity index (χ1) is 3.46. The SMILES string of the molecule is [SiH3]C1([SiH3])CCC1(Cl)Cl. The fourth-order valence-electron chi connectivity index (χ4n) is 0.814. The van der Waals surface area contributed by atoms with Crippen molar-refractivity contribution >= 4 is 43.7 Å². The molecule has 0 aliphatic heterocycles. The van der Waals surface area contributed by atoms with E-state index in [9.17, 15) is 0 Å². The predicted octanol–water partition coefficient (Wildman–Crippen LogP) is -0.199. The van der Waals surface area contributed by atoms with Crippen molar-refractivity contribution in [1.29, 1.82) is 0 Å². The van der Waals surface area contributed by atoms with Crippen LogP contribution in [0, 0.1) is 0 Å². The van der Waals surface area contributed by atoms with Gasteiger partial charge in [-0.05, 0) is 17.5 Å². The quantitative estimate of drug-likeness (QED) is 0.362. The summed E-state index contributed by atoms with van der Waals surface area (Å²) in [5.74, 6) is 0. The van der Waals surface area contributed by atoms with Gasteiger partial charge >= 0.3 is 0 Å². The highest BCUT2D eigenvalue weighted by Gasteiger charge is 2.50. The van der Waals surface area contributed by atoms with Gasteiger partial charge in [-0.3, -0.25) is 0 Å². The van der Waals surface area contributed by atoms with Crippen LogP contribution in [0.2, 0.25) is 4.66 Å². The second-order valence-corrected chi connectivity index (χ2v) is 11.0. The Morgan fingerprint density at radius 3 is 1.50 bits per heavy atom. The molecule has 0 spiro atoms. The summed E-state index contributed by atoms with van der Waals surface area (Å²) >= 11 is 11.9. The van der Waals surface area contributed by atoms with Crippen molar-refractivity contribution in [1.82, 2.24) is 0 Å². The van der Waals surface area contributed by atoms with Gasteiger partial charge in [0.1, 0.15) is 4.33 Å². The van der Waals surface area contributed by atoms with Crippen LogP contribution in [-0.4, -0.2) is 24.8 Å². The molecular formula is C4H10Cl2Si2. The first-order valence-corrected chi connectivity index (χ1v) is 5.59. The number of alkyl halides is 2. The van der Waals surface area contributed by atoms with Gasteiger partial charge in [-0.1, -0.05) is 0 Å². The summed E-state index contributed by atoms with van der Waals surface area (Å²) in [6.45, 7) is 0. The van der Waals surface area contributed by atoms with Crippen molar-refractivity contribution < 1.29 is 0 Å². The van der Waals surface area contributed by atoms with Gasteiger partial charge < -0.3 is 0 Å². The van der Waals surface area contributed by atoms with E-state index in [1.807, 2.05) is 0 Å². The zero-order valence-electron chi connectivity index (χ0n) is 5.17. The Balaban J connectivity index is 2.63. The molecule has 0 bridgehead atoms. The highest BCUT2D eigenvalue weighted by Crippen LogP contribution is 2.58. The molecule has 0 heterocycles. The van der Waals surface area contributed by atoms with Crippen molar-refractivity contribution in [2.75, 3.05) is 0 Å². The molecule has 0 amide bonds. The molecule has 48 valence electrons. The van der Waals surface area contributed by atoms with Crippen molar-refractivity contribution in [2.24, 2.45) is 0 Å². The molecule has 0 aromatic rings. The van der Waals surface area contributed by atoms with Crippen LogP contribution in [0.1, 0.15) is 12.8 Å². The topological polar surface area (TPSA) is 0 Å². The Morgan fingerprint density at radius 2 is 1.50 bits per heavy atom. The fraction of sp³-hybridized carbons (Fsp3) is 1.00. The van der Waals surface area contributed by atoms with Gasteiger partial charge in [-0.2, -0.15) is 0 Å². The molecule has 1 rings (SSSR count). The van der Waals surface area contributed by atoms with E-state index in [1.54, 1.807) is 0 Å². The first kappa shape index (κ1) is 7.12. The summed E-state index contributed by atoms with van der Waals surface area (Å²) in [4.78, 5) is 0. The molecule has 0 unspecified atom stereocenters. The van der Waals surface area contributed by atoms with E-state index in [4.69, 9.17) is 23.2 Å². The fourth-order valence-corrected chi connectivity index (χ4v) is 2.19. The maximum atomic E-state index is 5.93. The third-order valence-electron chi connectivity index (χ3n) is 2.05. The molecule has 0 aromatic carbocycles. The Morgan fingerprint density at radius 1 is 1.12 bits per heavy atom. The Bertz CT molecular complexity index is 96.6. The molecule has 0 saturated heterocycles. The summed E-state index contributed by atoms with van der Waals surface area (Å²) < 4.78 is 0.113. The lowest BCUT2D eigenvalue weighted by molar-refractivity contribution is 0.420. The van der Waals surface area contributed by atoms with Crippen molar-refractivity contribution in [3.63, 3.8) is 0 Å². The van der Waals surface area contributed by atoms with Gasteiger partial charge in [0, 0.05) is 20.5 Å². The molecule has 0 nitrogen and oxygen atoms in total. The largest absolute Gasteiger partial charge is 0.117 e. The van der Waals surface area contributed by atoms with Gasteiger partial charge in [0.2, 0.25) is 0 Å². The number of rotatable bonds is 0. The lowest BCUT2D eigenvalue weighted by Gasteiger charge is -2.47. The van der Waals surface area contributed by atoms with Crippen LogP contribution in [0.15, 0.2) is 0 Å². The second kappa shape index (κ2) is 1.75. The van der Waals surface area contributed by atoms with Crippen molar-refractivity contribution in [3.05, 3.63) is 0 Å². The Kier molecular flexibility index (Phi) is 1.56. The molecule has 8 heavy (non-hydrogen) atoms. The monoisotopic (exact) mass is 184 g/mol. The number of hydrogen-bond donors (Lipinski definition) is 0. The van der Waals surface area contributed by atoms with E-state index >= 15 is 0 Å². The van der Waals surface area contributed by atoms with Crippen LogP contribution in [0.25, 0.3) is 0 Å². The van der Waals surface area contributed by atoms with E-state index < -0.39 is 0 Å². The molecule has 1 aliphatic rings. The average molecular weight is 185 g/mol. The molecule has 4 heteroatoms. The molecular weight excluding hydrogens is 175 g/mol. The maximum Gasteiger partial charge on any atom is 0.117 e. The van der Waals surface area contributed by atoms with Crippen LogP contribution in [-0.2, 0) is 0 Å². The third-order valence-corrected chi connectivity index (χ3v) is 7.43. The zero-order chi connectivity index (χ0) is 6.41. The molecule has 1 fully saturated rings. The van der Waals surface area contributed by atoms with Gasteiger partial charge in [-0.25, -0.2) is 0 Å². The second-order valence-electron chi connectivity index (χ2n) is 3.09. The first-order valence-electron chi connectivity index (χ1n) is 2.84. The summed E-state index contributed by atoms with van der Waals surface area (Å²) in [6.07, 6.45) is 2.29. The smallest absolute Gasteiger partial charge is 0.102 e. The zero-order valence-corrected chi connectivity index (χ0v) is 10.7. The summed E-state index contributed by atoms with van der Waals surface area (Å²) in [5.41, 5.74) is 0. The Hall–Kier alpha value is 1.01. The van der Waals surface area contributed by atoms with E-state index in [-0.39, 0.29) is 4.33 Å². The maximum absolute atomic E-state index is 5.93. The van der Waals surface area contributed by atoms with Gasteiger partial charge in [0.25, 0.3) is 0 Å². The summed E-state index contributed by atoms with van der Waals surface area (Å²) in [7, 11) is 2.34. The highest BCUT2D eigenvalue weighted by molar-refractivity contribution is 6.60. The highest BCUT2D eigenvalue weighted by atomic mass is 35.5. The minimum atomic E-state index is -0.314. The van der Waals surface area contributed by atoms with Crippen LogP contribution in [0.3, 0.4) is 0 Å². The lowest BCUT2D eigenvalue weighted by Crippen LogP contribution is -2.43. The summed E-state index contributed by atoms with van der Waals surface area (Å²) in [6, 6.07) is 0. The van der Waals surface area contributed by atoms with Crippen molar-refractivity contribution in [2.45, 2.75) is 21.8 Å². The predicted molar refractivity (Wildman–Crippen MR) is 46.2 cm³/mol. The van der Waals surface area contributed by atoms with E-state index in [1.165, 1.54) is 26.9 Å². The van der Waals surface area contributed by atoms with Gasteiger partial charge in [0.05, 0.1) is 0 Å². The van der Waals surface area contributed by atoms with Gasteiger partial charge in [-0.15, -0.1) is 23.2 Å². The number of halogens is 2. The van der Waals surface area contributed by atoms with Crippen LogP contribution in [0.5, 0.6) is 0 Å².